The number of phenolic OH excluding ortho intramolecular Hbond substituents is 1. The Bertz CT molecular complexity index is 529. The van der Waals surface area contributed by atoms with Crippen molar-refractivity contribution in [1.82, 2.24) is 10.3 Å². The molecule has 20 heavy (non-hydrogen) atoms. The van der Waals surface area contributed by atoms with Crippen LogP contribution in [0.5, 0.6) is 5.75 Å². The Morgan fingerprint density at radius 1 is 1.40 bits per heavy atom. The standard InChI is InChI=1S/C13H15Br2N3O2/c14-10-5-9(13(20)11(15)6-10)7-16-17-12(19)8-18-3-1-2-4-18/h5-7,20H,1-4,8H2,(H,17,19). The van der Waals surface area contributed by atoms with E-state index in [1.165, 1.54) is 6.21 Å². The van der Waals surface area contributed by atoms with Crippen molar-refractivity contribution in [3.63, 3.8) is 0 Å². The van der Waals surface area contributed by atoms with Crippen molar-refractivity contribution in [2.24, 2.45) is 5.10 Å². The third-order valence-electron chi connectivity index (χ3n) is 3.02. The monoisotopic (exact) mass is 403 g/mol. The normalized spacial score (nSPS) is 15.9. The molecule has 0 unspecified atom stereocenters. The summed E-state index contributed by atoms with van der Waals surface area (Å²) in [4.78, 5) is 13.8. The molecule has 0 spiro atoms. The molecule has 7 heteroatoms. The van der Waals surface area contributed by atoms with E-state index >= 15 is 0 Å². The van der Waals surface area contributed by atoms with E-state index < -0.39 is 0 Å². The number of nitrogens with zero attached hydrogens (tertiary/aromatic N) is 2. The van der Waals surface area contributed by atoms with E-state index in [1.807, 2.05) is 0 Å². The summed E-state index contributed by atoms with van der Waals surface area (Å²) in [7, 11) is 0. The van der Waals surface area contributed by atoms with Crippen molar-refractivity contribution in [3.05, 3.63) is 26.6 Å². The predicted molar refractivity (Wildman–Crippen MR) is 84.9 cm³/mol. The van der Waals surface area contributed by atoms with Crippen LogP contribution in [-0.2, 0) is 4.79 Å². The summed E-state index contributed by atoms with van der Waals surface area (Å²) in [5, 5.41) is 13.7. The molecule has 0 atom stereocenters. The number of carbonyl (C=O) groups excluding carboxylic acids is 1. The molecule has 1 aliphatic rings. The number of hydrogen-bond acceptors (Lipinski definition) is 4. The fourth-order valence-corrected chi connectivity index (χ4v) is 3.30. The number of hydrazone groups is 1. The summed E-state index contributed by atoms with van der Waals surface area (Å²) in [5.41, 5.74) is 2.99. The summed E-state index contributed by atoms with van der Waals surface area (Å²) >= 11 is 6.57. The number of likely N-dealkylation sites (tertiary alicyclic amines) is 1. The second-order valence-corrected chi connectivity index (χ2v) is 6.37. The van der Waals surface area contributed by atoms with Gasteiger partial charge < -0.3 is 5.11 Å². The van der Waals surface area contributed by atoms with Crippen molar-refractivity contribution in [2.45, 2.75) is 12.8 Å². The number of amides is 1. The lowest BCUT2D eigenvalue weighted by molar-refractivity contribution is -0.121. The lowest BCUT2D eigenvalue weighted by atomic mass is 10.2. The van der Waals surface area contributed by atoms with Crippen molar-refractivity contribution >= 4 is 44.0 Å². The molecule has 0 aliphatic carbocycles. The SMILES string of the molecule is O=C(CN1CCCC1)NN=Cc1cc(Br)cc(Br)c1O. The topological polar surface area (TPSA) is 64.9 Å². The van der Waals surface area contributed by atoms with Crippen LogP contribution in [-0.4, -0.2) is 41.8 Å². The van der Waals surface area contributed by atoms with Crippen molar-refractivity contribution in [2.75, 3.05) is 19.6 Å². The average Bonchev–Trinajstić information content (AvgIpc) is 2.87. The van der Waals surface area contributed by atoms with Gasteiger partial charge in [-0.15, -0.1) is 0 Å². The van der Waals surface area contributed by atoms with Gasteiger partial charge in [0.1, 0.15) is 5.75 Å². The van der Waals surface area contributed by atoms with Crippen LogP contribution in [0, 0.1) is 0 Å². The first-order valence-electron chi connectivity index (χ1n) is 6.28. The molecule has 0 radical (unpaired) electrons. The second kappa shape index (κ2) is 7.19. The summed E-state index contributed by atoms with van der Waals surface area (Å²) in [6, 6.07) is 3.45. The molecule has 1 heterocycles. The third kappa shape index (κ3) is 4.29. The van der Waals surface area contributed by atoms with Gasteiger partial charge in [-0.1, -0.05) is 15.9 Å². The molecule has 2 rings (SSSR count). The highest BCUT2D eigenvalue weighted by Gasteiger charge is 2.14. The van der Waals surface area contributed by atoms with E-state index in [0.29, 0.717) is 16.6 Å². The van der Waals surface area contributed by atoms with Crippen molar-refractivity contribution in [3.8, 4) is 5.75 Å². The van der Waals surface area contributed by atoms with E-state index in [0.717, 1.165) is 30.4 Å². The van der Waals surface area contributed by atoms with Gasteiger partial charge in [0, 0.05) is 10.0 Å². The first-order chi connectivity index (χ1) is 9.56. The Morgan fingerprint density at radius 3 is 2.80 bits per heavy atom. The summed E-state index contributed by atoms with van der Waals surface area (Å²) in [6.45, 7) is 2.30. The number of rotatable bonds is 4. The highest BCUT2D eigenvalue weighted by Crippen LogP contribution is 2.30. The van der Waals surface area contributed by atoms with Crippen LogP contribution < -0.4 is 5.43 Å². The zero-order valence-electron chi connectivity index (χ0n) is 10.8. The maximum absolute atomic E-state index is 11.7. The molecule has 0 aromatic heterocycles. The van der Waals surface area contributed by atoms with E-state index in [9.17, 15) is 9.90 Å². The lowest BCUT2D eigenvalue weighted by Crippen LogP contribution is -2.33. The zero-order valence-corrected chi connectivity index (χ0v) is 13.9. The largest absolute Gasteiger partial charge is 0.506 e. The first kappa shape index (κ1) is 15.5. The summed E-state index contributed by atoms with van der Waals surface area (Å²) in [5.74, 6) is -0.0533. The van der Waals surface area contributed by atoms with Gasteiger partial charge in [-0.2, -0.15) is 5.10 Å². The summed E-state index contributed by atoms with van der Waals surface area (Å²) in [6.07, 6.45) is 3.72. The van der Waals surface area contributed by atoms with Gasteiger partial charge in [0.15, 0.2) is 0 Å². The summed E-state index contributed by atoms with van der Waals surface area (Å²) < 4.78 is 1.38. The van der Waals surface area contributed by atoms with Crippen LogP contribution in [0.4, 0.5) is 0 Å². The van der Waals surface area contributed by atoms with E-state index in [-0.39, 0.29) is 11.7 Å². The van der Waals surface area contributed by atoms with E-state index in [1.54, 1.807) is 12.1 Å². The number of carbonyl (C=O) groups is 1. The molecule has 1 fully saturated rings. The van der Waals surface area contributed by atoms with Gasteiger partial charge in [0.25, 0.3) is 5.91 Å². The third-order valence-corrected chi connectivity index (χ3v) is 4.08. The molecule has 1 saturated heterocycles. The molecule has 2 N–H and O–H groups in total. The number of aromatic hydroxyl groups is 1. The average molecular weight is 405 g/mol. The van der Waals surface area contributed by atoms with Crippen LogP contribution in [0.15, 0.2) is 26.2 Å². The van der Waals surface area contributed by atoms with Gasteiger partial charge in [-0.25, -0.2) is 5.43 Å². The minimum absolute atomic E-state index is 0.0886. The molecule has 0 bridgehead atoms. The van der Waals surface area contributed by atoms with E-state index in [4.69, 9.17) is 0 Å². The quantitative estimate of drug-likeness (QED) is 0.598. The molecule has 1 aromatic carbocycles. The number of nitrogens with one attached hydrogen (secondary N) is 1. The van der Waals surface area contributed by atoms with Crippen molar-refractivity contribution in [1.29, 1.82) is 0 Å². The fourth-order valence-electron chi connectivity index (χ4n) is 2.04. The van der Waals surface area contributed by atoms with Gasteiger partial charge in [0.2, 0.25) is 0 Å². The van der Waals surface area contributed by atoms with Gasteiger partial charge >= 0.3 is 0 Å². The number of benzene rings is 1. The maximum atomic E-state index is 11.7. The molecular weight excluding hydrogens is 390 g/mol. The Labute approximate surface area is 134 Å². The molecule has 5 nitrogen and oxygen atoms in total. The molecule has 0 saturated carbocycles. The van der Waals surface area contributed by atoms with E-state index in [2.05, 4.69) is 47.3 Å². The minimum atomic E-state index is -0.142. The van der Waals surface area contributed by atoms with Crippen LogP contribution in [0.2, 0.25) is 0 Å². The molecule has 1 amide bonds. The Hall–Kier alpha value is -0.920. The number of hydrogen-bond donors (Lipinski definition) is 2. The smallest absolute Gasteiger partial charge is 0.254 e. The molecule has 1 aromatic rings. The minimum Gasteiger partial charge on any atom is -0.506 e. The number of phenols is 1. The number of halogens is 2. The Balaban J connectivity index is 1.91. The fraction of sp³-hybridized carbons (Fsp3) is 0.385. The van der Waals surface area contributed by atoms with Gasteiger partial charge in [-0.05, 0) is 54.0 Å². The molecular formula is C13H15Br2N3O2. The molecule has 1 aliphatic heterocycles. The Morgan fingerprint density at radius 2 is 2.10 bits per heavy atom. The highest BCUT2D eigenvalue weighted by atomic mass is 79.9. The lowest BCUT2D eigenvalue weighted by Gasteiger charge is -2.12. The van der Waals surface area contributed by atoms with Crippen molar-refractivity contribution < 1.29 is 9.90 Å². The second-order valence-electron chi connectivity index (χ2n) is 4.60. The van der Waals surface area contributed by atoms with Gasteiger partial charge in [-0.3, -0.25) is 9.69 Å². The predicted octanol–water partition coefficient (Wildman–Crippen LogP) is 2.46. The maximum Gasteiger partial charge on any atom is 0.254 e. The molecule has 108 valence electrons. The zero-order chi connectivity index (χ0) is 14.5. The van der Waals surface area contributed by atoms with Crippen LogP contribution >= 0.6 is 31.9 Å². The first-order valence-corrected chi connectivity index (χ1v) is 7.87. The highest BCUT2D eigenvalue weighted by molar-refractivity contribution is 9.11. The van der Waals surface area contributed by atoms with Crippen LogP contribution in [0.25, 0.3) is 0 Å². The van der Waals surface area contributed by atoms with Gasteiger partial charge in [0.05, 0.1) is 17.2 Å². The van der Waals surface area contributed by atoms with Crippen LogP contribution in [0.1, 0.15) is 18.4 Å². The van der Waals surface area contributed by atoms with Crippen LogP contribution in [0.3, 0.4) is 0 Å². The Kier molecular flexibility index (Phi) is 5.56.